The van der Waals surface area contributed by atoms with Crippen molar-refractivity contribution in [3.8, 4) is 11.5 Å². The van der Waals surface area contributed by atoms with Crippen molar-refractivity contribution < 1.29 is 34.1 Å². The highest BCUT2D eigenvalue weighted by molar-refractivity contribution is 6.04. The van der Waals surface area contributed by atoms with E-state index in [4.69, 9.17) is 14.6 Å². The van der Waals surface area contributed by atoms with Crippen molar-refractivity contribution in [2.45, 2.75) is 6.92 Å². The molecule has 0 aliphatic carbocycles. The third kappa shape index (κ3) is 3.70. The topological polar surface area (TPSA) is 110 Å². The summed E-state index contributed by atoms with van der Waals surface area (Å²) in [5.74, 6) is -2.91. The van der Waals surface area contributed by atoms with E-state index in [1.54, 1.807) is 6.92 Å². The number of aromatic carboxylic acids is 2. The zero-order valence-corrected chi connectivity index (χ0v) is 12.7. The Hall–Kier alpha value is -3.35. The molecule has 0 spiro atoms. The molecule has 7 heteroatoms. The van der Waals surface area contributed by atoms with E-state index in [9.17, 15) is 19.5 Å². The Morgan fingerprint density at radius 3 is 2.17 bits per heavy atom. The molecule has 7 nitrogen and oxygen atoms in total. The maximum Gasteiger partial charge on any atom is 0.342 e. The van der Waals surface area contributed by atoms with E-state index in [-0.39, 0.29) is 34.8 Å². The number of hydrogen-bond donors (Lipinski definition) is 2. The highest BCUT2D eigenvalue weighted by Gasteiger charge is 2.23. The van der Waals surface area contributed by atoms with Crippen LogP contribution >= 0.6 is 0 Å². The van der Waals surface area contributed by atoms with Gasteiger partial charge in [-0.25, -0.2) is 14.4 Å². The van der Waals surface area contributed by atoms with E-state index < -0.39 is 17.9 Å². The standard InChI is InChI=1S/C17H14O7/c1-2-23-17(22)14-12(16(20)21)4-3-5-13(14)24-11-8-6-10(7-9-11)15(18)19/h3-9H,2H2,1H3,(H,18,19)(H,20,21). The summed E-state index contributed by atoms with van der Waals surface area (Å²) in [5.41, 5.74) is -0.366. The number of rotatable bonds is 6. The van der Waals surface area contributed by atoms with Gasteiger partial charge in [-0.1, -0.05) is 6.07 Å². The number of esters is 1. The molecular weight excluding hydrogens is 316 g/mol. The van der Waals surface area contributed by atoms with Gasteiger partial charge >= 0.3 is 17.9 Å². The second-order valence-corrected chi connectivity index (χ2v) is 4.64. The van der Waals surface area contributed by atoms with Crippen LogP contribution < -0.4 is 4.74 Å². The Labute approximate surface area is 137 Å². The molecule has 0 aliphatic rings. The normalized spacial score (nSPS) is 10.0. The zero-order valence-electron chi connectivity index (χ0n) is 12.7. The largest absolute Gasteiger partial charge is 0.478 e. The van der Waals surface area contributed by atoms with Crippen LogP contribution in [0, 0.1) is 0 Å². The molecule has 124 valence electrons. The molecule has 2 aromatic rings. The average Bonchev–Trinajstić information content (AvgIpc) is 2.55. The van der Waals surface area contributed by atoms with Gasteiger partial charge in [0.2, 0.25) is 0 Å². The van der Waals surface area contributed by atoms with E-state index >= 15 is 0 Å². The summed E-state index contributed by atoms with van der Waals surface area (Å²) in [6.07, 6.45) is 0. The molecule has 24 heavy (non-hydrogen) atoms. The first-order valence-electron chi connectivity index (χ1n) is 6.98. The van der Waals surface area contributed by atoms with Gasteiger partial charge in [0.1, 0.15) is 17.1 Å². The highest BCUT2D eigenvalue weighted by Crippen LogP contribution is 2.29. The second-order valence-electron chi connectivity index (χ2n) is 4.64. The van der Waals surface area contributed by atoms with Crippen molar-refractivity contribution in [1.82, 2.24) is 0 Å². The summed E-state index contributed by atoms with van der Waals surface area (Å²) in [6.45, 7) is 1.69. The van der Waals surface area contributed by atoms with Crippen molar-refractivity contribution >= 4 is 17.9 Å². The Balaban J connectivity index is 2.42. The summed E-state index contributed by atoms with van der Waals surface area (Å²) in [4.78, 5) is 34.2. The fourth-order valence-corrected chi connectivity index (χ4v) is 2.00. The number of hydrogen-bond acceptors (Lipinski definition) is 5. The van der Waals surface area contributed by atoms with Crippen LogP contribution in [0.15, 0.2) is 42.5 Å². The third-order valence-electron chi connectivity index (χ3n) is 3.07. The van der Waals surface area contributed by atoms with Gasteiger partial charge < -0.3 is 19.7 Å². The number of benzene rings is 2. The summed E-state index contributed by atoms with van der Waals surface area (Å²) in [6, 6.07) is 9.63. The van der Waals surface area contributed by atoms with Crippen LogP contribution in [0.25, 0.3) is 0 Å². The molecule has 2 N–H and O–H groups in total. The third-order valence-corrected chi connectivity index (χ3v) is 3.07. The number of carboxylic acids is 2. The van der Waals surface area contributed by atoms with Crippen molar-refractivity contribution in [2.24, 2.45) is 0 Å². The maximum atomic E-state index is 12.1. The Bertz CT molecular complexity index is 778. The van der Waals surface area contributed by atoms with Crippen LogP contribution in [0.2, 0.25) is 0 Å². The molecule has 0 saturated heterocycles. The summed E-state index contributed by atoms with van der Waals surface area (Å²) >= 11 is 0. The van der Waals surface area contributed by atoms with Crippen LogP contribution in [0.4, 0.5) is 0 Å². The van der Waals surface area contributed by atoms with Gasteiger partial charge in [0.05, 0.1) is 17.7 Å². The first kappa shape index (κ1) is 17.0. The maximum absolute atomic E-state index is 12.1. The van der Waals surface area contributed by atoms with Crippen molar-refractivity contribution in [3.63, 3.8) is 0 Å². The molecule has 0 fully saturated rings. The lowest BCUT2D eigenvalue weighted by Crippen LogP contribution is -2.13. The SMILES string of the molecule is CCOC(=O)c1c(Oc2ccc(C(=O)O)cc2)cccc1C(=O)O. The van der Waals surface area contributed by atoms with Gasteiger partial charge in [0.25, 0.3) is 0 Å². The van der Waals surface area contributed by atoms with Crippen molar-refractivity contribution in [1.29, 1.82) is 0 Å². The molecule has 0 atom stereocenters. The fraction of sp³-hybridized carbons (Fsp3) is 0.118. The number of carbonyl (C=O) groups is 3. The lowest BCUT2D eigenvalue weighted by atomic mass is 10.1. The molecule has 0 unspecified atom stereocenters. The molecular formula is C17H14O7. The van der Waals surface area contributed by atoms with Crippen LogP contribution in [0.1, 0.15) is 38.0 Å². The Morgan fingerprint density at radius 2 is 1.62 bits per heavy atom. The fourth-order valence-electron chi connectivity index (χ4n) is 2.00. The van der Waals surface area contributed by atoms with Gasteiger partial charge in [-0.05, 0) is 43.3 Å². The highest BCUT2D eigenvalue weighted by atomic mass is 16.5. The van der Waals surface area contributed by atoms with E-state index in [1.165, 1.54) is 42.5 Å². The lowest BCUT2D eigenvalue weighted by Gasteiger charge is -2.12. The van der Waals surface area contributed by atoms with Gasteiger partial charge in [0, 0.05) is 0 Å². The molecule has 2 aromatic carbocycles. The predicted molar refractivity (Wildman–Crippen MR) is 82.8 cm³/mol. The Kier molecular flexibility index (Phi) is 5.16. The molecule has 0 saturated carbocycles. The van der Waals surface area contributed by atoms with Crippen molar-refractivity contribution in [2.75, 3.05) is 6.61 Å². The van der Waals surface area contributed by atoms with E-state index in [0.29, 0.717) is 0 Å². The predicted octanol–water partition coefficient (Wildman–Crippen LogP) is 3.05. The van der Waals surface area contributed by atoms with E-state index in [0.717, 1.165) is 0 Å². The molecule has 0 aromatic heterocycles. The van der Waals surface area contributed by atoms with Crippen LogP contribution in [-0.4, -0.2) is 34.7 Å². The first-order valence-corrected chi connectivity index (χ1v) is 6.98. The average molecular weight is 330 g/mol. The number of ether oxygens (including phenoxy) is 2. The van der Waals surface area contributed by atoms with Gasteiger partial charge in [0.15, 0.2) is 0 Å². The minimum absolute atomic E-state index is 0.0106. The van der Waals surface area contributed by atoms with E-state index in [1.807, 2.05) is 0 Å². The number of carbonyl (C=O) groups excluding carboxylic acids is 1. The van der Waals surface area contributed by atoms with Crippen molar-refractivity contribution in [3.05, 3.63) is 59.2 Å². The minimum Gasteiger partial charge on any atom is -0.478 e. The van der Waals surface area contributed by atoms with Crippen LogP contribution in [0.5, 0.6) is 11.5 Å². The minimum atomic E-state index is -1.29. The second kappa shape index (κ2) is 7.28. The number of carboxylic acid groups (broad SMARTS) is 2. The smallest absolute Gasteiger partial charge is 0.342 e. The molecule has 0 radical (unpaired) electrons. The molecule has 0 heterocycles. The molecule has 0 amide bonds. The summed E-state index contributed by atoms with van der Waals surface area (Å²) in [5, 5.41) is 18.1. The van der Waals surface area contributed by atoms with Crippen LogP contribution in [-0.2, 0) is 4.74 Å². The summed E-state index contributed by atoms with van der Waals surface area (Å²) in [7, 11) is 0. The zero-order chi connectivity index (χ0) is 17.7. The lowest BCUT2D eigenvalue weighted by molar-refractivity contribution is 0.0511. The molecule has 0 aliphatic heterocycles. The van der Waals surface area contributed by atoms with Gasteiger partial charge in [-0.2, -0.15) is 0 Å². The molecule has 2 rings (SSSR count). The summed E-state index contributed by atoms with van der Waals surface area (Å²) < 4.78 is 10.4. The quantitative estimate of drug-likeness (QED) is 0.783. The van der Waals surface area contributed by atoms with Gasteiger partial charge in [-0.15, -0.1) is 0 Å². The van der Waals surface area contributed by atoms with Gasteiger partial charge in [-0.3, -0.25) is 0 Å². The van der Waals surface area contributed by atoms with Crippen LogP contribution in [0.3, 0.4) is 0 Å². The monoisotopic (exact) mass is 330 g/mol. The Morgan fingerprint density at radius 1 is 0.958 bits per heavy atom. The first-order chi connectivity index (χ1) is 11.4. The molecule has 0 bridgehead atoms. The van der Waals surface area contributed by atoms with E-state index in [2.05, 4.69) is 0 Å².